The molecule has 1 aliphatic carbocycles. The van der Waals surface area contributed by atoms with Crippen LogP contribution in [0, 0.1) is 11.8 Å². The smallest absolute Gasteiger partial charge is 0.0571 e. The van der Waals surface area contributed by atoms with Crippen molar-refractivity contribution in [2.75, 3.05) is 7.11 Å². The highest BCUT2D eigenvalue weighted by molar-refractivity contribution is 4.73. The first-order valence-corrected chi connectivity index (χ1v) is 5.25. The summed E-state index contributed by atoms with van der Waals surface area (Å²) < 4.78 is 5.34. The van der Waals surface area contributed by atoms with Gasteiger partial charge in [0.25, 0.3) is 0 Å². The molecule has 0 atom stereocenters. The zero-order valence-electron chi connectivity index (χ0n) is 8.68. The van der Waals surface area contributed by atoms with Gasteiger partial charge in [-0.05, 0) is 43.9 Å². The lowest BCUT2D eigenvalue weighted by atomic mass is 9.82. The molecule has 0 bridgehead atoms. The molecule has 1 nitrogen and oxygen atoms in total. The van der Waals surface area contributed by atoms with Gasteiger partial charge in [-0.15, -0.1) is 0 Å². The van der Waals surface area contributed by atoms with Crippen LogP contribution in [0.5, 0.6) is 0 Å². The van der Waals surface area contributed by atoms with Crippen molar-refractivity contribution in [2.45, 2.75) is 52.1 Å². The van der Waals surface area contributed by atoms with E-state index in [1.54, 1.807) is 0 Å². The Hall–Kier alpha value is -0.0400. The summed E-state index contributed by atoms with van der Waals surface area (Å²) in [5.74, 6) is 1.85. The number of hydrogen-bond acceptors (Lipinski definition) is 1. The Morgan fingerprint density at radius 2 is 1.75 bits per heavy atom. The molecule has 0 amide bonds. The molecule has 0 aromatic rings. The van der Waals surface area contributed by atoms with Gasteiger partial charge in [0.2, 0.25) is 0 Å². The van der Waals surface area contributed by atoms with Crippen LogP contribution in [0.4, 0.5) is 0 Å². The number of ether oxygens (including phenoxy) is 1. The summed E-state index contributed by atoms with van der Waals surface area (Å²) in [5.41, 5.74) is 0. The van der Waals surface area contributed by atoms with Crippen molar-refractivity contribution >= 4 is 0 Å². The van der Waals surface area contributed by atoms with Gasteiger partial charge in [0.1, 0.15) is 0 Å². The Morgan fingerprint density at radius 3 is 2.17 bits per heavy atom. The van der Waals surface area contributed by atoms with Crippen LogP contribution in [0.2, 0.25) is 0 Å². The fourth-order valence-corrected chi connectivity index (χ4v) is 2.27. The quantitative estimate of drug-likeness (QED) is 0.632. The molecule has 0 spiro atoms. The molecule has 12 heavy (non-hydrogen) atoms. The summed E-state index contributed by atoms with van der Waals surface area (Å²) in [6.07, 6.45) is 7.32. The maximum atomic E-state index is 5.34. The number of hydrogen-bond donors (Lipinski definition) is 0. The zero-order valence-corrected chi connectivity index (χ0v) is 8.68. The molecule has 0 unspecified atom stereocenters. The normalized spacial score (nSPS) is 31.0. The largest absolute Gasteiger partial charge is 0.381 e. The Morgan fingerprint density at radius 1 is 1.17 bits per heavy atom. The van der Waals surface area contributed by atoms with Crippen molar-refractivity contribution in [3.8, 4) is 0 Å². The second-order valence-electron chi connectivity index (χ2n) is 4.51. The molecule has 0 radical (unpaired) electrons. The minimum atomic E-state index is 0.563. The van der Waals surface area contributed by atoms with Gasteiger partial charge in [-0.1, -0.05) is 13.8 Å². The van der Waals surface area contributed by atoms with Crippen molar-refractivity contribution in [2.24, 2.45) is 11.8 Å². The third-order valence-corrected chi connectivity index (χ3v) is 2.93. The van der Waals surface area contributed by atoms with Crippen LogP contribution in [0.15, 0.2) is 0 Å². The van der Waals surface area contributed by atoms with E-state index in [0.29, 0.717) is 6.10 Å². The van der Waals surface area contributed by atoms with Crippen LogP contribution >= 0.6 is 0 Å². The van der Waals surface area contributed by atoms with Gasteiger partial charge in [-0.3, -0.25) is 0 Å². The average molecular weight is 170 g/mol. The second-order valence-corrected chi connectivity index (χ2v) is 4.51. The maximum Gasteiger partial charge on any atom is 0.0571 e. The van der Waals surface area contributed by atoms with Crippen molar-refractivity contribution < 1.29 is 4.74 Å². The molecular formula is C11H22O. The number of rotatable bonds is 3. The van der Waals surface area contributed by atoms with Crippen LogP contribution in [0.1, 0.15) is 46.0 Å². The van der Waals surface area contributed by atoms with E-state index in [2.05, 4.69) is 13.8 Å². The lowest BCUT2D eigenvalue weighted by molar-refractivity contribution is 0.0536. The Labute approximate surface area is 76.5 Å². The second kappa shape index (κ2) is 4.86. The third-order valence-electron chi connectivity index (χ3n) is 2.93. The lowest BCUT2D eigenvalue weighted by Gasteiger charge is -2.28. The third kappa shape index (κ3) is 3.14. The topological polar surface area (TPSA) is 9.23 Å². The van der Waals surface area contributed by atoms with E-state index in [1.165, 1.54) is 32.1 Å². The summed E-state index contributed by atoms with van der Waals surface area (Å²) in [5, 5.41) is 0. The molecule has 0 aromatic carbocycles. The summed E-state index contributed by atoms with van der Waals surface area (Å²) in [6, 6.07) is 0. The van der Waals surface area contributed by atoms with Crippen LogP contribution in [0.25, 0.3) is 0 Å². The van der Waals surface area contributed by atoms with Crippen LogP contribution in [0.3, 0.4) is 0 Å². The Bertz CT molecular complexity index is 112. The lowest BCUT2D eigenvalue weighted by Crippen LogP contribution is -2.21. The highest BCUT2D eigenvalue weighted by atomic mass is 16.5. The van der Waals surface area contributed by atoms with E-state index < -0.39 is 0 Å². The first kappa shape index (κ1) is 10.0. The number of methoxy groups -OCH3 is 1. The van der Waals surface area contributed by atoms with Gasteiger partial charge < -0.3 is 4.74 Å². The van der Waals surface area contributed by atoms with E-state index in [0.717, 1.165) is 11.8 Å². The molecule has 0 aromatic heterocycles. The predicted molar refractivity (Wildman–Crippen MR) is 52.2 cm³/mol. The molecule has 0 saturated heterocycles. The summed E-state index contributed by atoms with van der Waals surface area (Å²) in [4.78, 5) is 0. The molecule has 1 saturated carbocycles. The van der Waals surface area contributed by atoms with Crippen LogP contribution in [-0.2, 0) is 4.74 Å². The highest BCUT2D eigenvalue weighted by Gasteiger charge is 2.20. The fraction of sp³-hybridized carbons (Fsp3) is 1.00. The van der Waals surface area contributed by atoms with E-state index in [1.807, 2.05) is 7.11 Å². The minimum absolute atomic E-state index is 0.563. The molecular weight excluding hydrogens is 148 g/mol. The fourth-order valence-electron chi connectivity index (χ4n) is 2.27. The van der Waals surface area contributed by atoms with E-state index in [4.69, 9.17) is 4.74 Å². The summed E-state index contributed by atoms with van der Waals surface area (Å²) in [6.45, 7) is 4.64. The van der Waals surface area contributed by atoms with Gasteiger partial charge in [0, 0.05) is 7.11 Å². The highest BCUT2D eigenvalue weighted by Crippen LogP contribution is 2.30. The molecule has 1 heteroatoms. The standard InChI is InChI=1S/C11H22O/c1-9(2)8-10-4-6-11(12-3)7-5-10/h9-11H,4-8H2,1-3H3/t10-,11-. The van der Waals surface area contributed by atoms with Gasteiger partial charge >= 0.3 is 0 Å². The van der Waals surface area contributed by atoms with E-state index >= 15 is 0 Å². The average Bonchev–Trinajstić information content (AvgIpc) is 2.05. The van der Waals surface area contributed by atoms with Crippen LogP contribution < -0.4 is 0 Å². The first-order valence-electron chi connectivity index (χ1n) is 5.25. The molecule has 1 rings (SSSR count). The zero-order chi connectivity index (χ0) is 8.97. The summed E-state index contributed by atoms with van der Waals surface area (Å²) >= 11 is 0. The van der Waals surface area contributed by atoms with Crippen molar-refractivity contribution in [1.29, 1.82) is 0 Å². The maximum absolute atomic E-state index is 5.34. The first-order chi connectivity index (χ1) is 5.72. The van der Waals surface area contributed by atoms with Crippen molar-refractivity contribution in [3.63, 3.8) is 0 Å². The molecule has 1 fully saturated rings. The van der Waals surface area contributed by atoms with Gasteiger partial charge in [0.15, 0.2) is 0 Å². The van der Waals surface area contributed by atoms with Crippen molar-refractivity contribution in [3.05, 3.63) is 0 Å². The van der Waals surface area contributed by atoms with Crippen LogP contribution in [-0.4, -0.2) is 13.2 Å². The Kier molecular flexibility index (Phi) is 4.07. The van der Waals surface area contributed by atoms with E-state index in [9.17, 15) is 0 Å². The molecule has 0 N–H and O–H groups in total. The Balaban J connectivity index is 2.17. The van der Waals surface area contributed by atoms with Crippen molar-refractivity contribution in [1.82, 2.24) is 0 Å². The molecule has 0 aliphatic heterocycles. The monoisotopic (exact) mass is 170 g/mol. The van der Waals surface area contributed by atoms with E-state index in [-0.39, 0.29) is 0 Å². The predicted octanol–water partition coefficient (Wildman–Crippen LogP) is 3.24. The summed E-state index contributed by atoms with van der Waals surface area (Å²) in [7, 11) is 1.84. The molecule has 1 aliphatic rings. The van der Waals surface area contributed by atoms with Gasteiger partial charge in [0.05, 0.1) is 6.10 Å². The SMILES string of the molecule is CO[C@H]1CC[C@H](CC(C)C)CC1. The molecule has 72 valence electrons. The van der Waals surface area contributed by atoms with Gasteiger partial charge in [-0.25, -0.2) is 0 Å². The molecule has 0 heterocycles. The van der Waals surface area contributed by atoms with Gasteiger partial charge in [-0.2, -0.15) is 0 Å². The minimum Gasteiger partial charge on any atom is -0.381 e.